The number of nitrogens with one attached hydrogen (secondary N) is 2. The minimum absolute atomic E-state index is 0.0510. The number of aromatic amines is 1. The maximum Gasteiger partial charge on any atom is 0.143 e. The molecule has 0 fully saturated rings. The highest BCUT2D eigenvalue weighted by atomic mass is 35.5. The van der Waals surface area contributed by atoms with E-state index in [1.54, 1.807) is 6.07 Å². The van der Waals surface area contributed by atoms with E-state index in [9.17, 15) is 4.39 Å². The van der Waals surface area contributed by atoms with Gasteiger partial charge in [0.15, 0.2) is 0 Å². The standard InChI is InChI=1S/C19H15ClFN5/c20-15-7-13(5-6-16(15)21)25-18-14-8-17(26-19(14)24-10-23-18)12-3-1-11(9-22)2-4-12/h1-8,10H,9,22H2,(H2,23,24,25,26). The molecular weight excluding hydrogens is 353 g/mol. The summed E-state index contributed by atoms with van der Waals surface area (Å²) < 4.78 is 13.3. The zero-order valence-electron chi connectivity index (χ0n) is 13.6. The van der Waals surface area contributed by atoms with Crippen LogP contribution in [-0.2, 0) is 6.54 Å². The molecule has 0 bridgehead atoms. The fourth-order valence-corrected chi connectivity index (χ4v) is 2.91. The van der Waals surface area contributed by atoms with Crippen molar-refractivity contribution in [1.82, 2.24) is 15.0 Å². The van der Waals surface area contributed by atoms with Gasteiger partial charge in [-0.15, -0.1) is 0 Å². The number of hydrogen-bond acceptors (Lipinski definition) is 4. The molecule has 2 aromatic heterocycles. The normalized spacial score (nSPS) is 11.0. The number of anilines is 2. The van der Waals surface area contributed by atoms with Crippen LogP contribution in [0.3, 0.4) is 0 Å². The van der Waals surface area contributed by atoms with Crippen LogP contribution < -0.4 is 11.1 Å². The van der Waals surface area contributed by atoms with E-state index in [1.807, 2.05) is 30.3 Å². The molecule has 0 aliphatic carbocycles. The number of halogens is 2. The summed E-state index contributed by atoms with van der Waals surface area (Å²) in [6, 6.07) is 14.4. The van der Waals surface area contributed by atoms with Gasteiger partial charge in [-0.3, -0.25) is 0 Å². The van der Waals surface area contributed by atoms with Crippen LogP contribution in [0.4, 0.5) is 15.9 Å². The number of H-pyrrole nitrogens is 1. The second-order valence-corrected chi connectivity index (χ2v) is 6.23. The number of nitrogens with two attached hydrogens (primary N) is 1. The Morgan fingerprint density at radius 3 is 2.62 bits per heavy atom. The molecule has 0 radical (unpaired) electrons. The number of rotatable bonds is 4. The molecular formula is C19H15ClFN5. The van der Waals surface area contributed by atoms with Gasteiger partial charge in [-0.05, 0) is 35.4 Å². The molecule has 2 aromatic carbocycles. The van der Waals surface area contributed by atoms with Gasteiger partial charge in [-0.2, -0.15) is 0 Å². The zero-order chi connectivity index (χ0) is 18.1. The van der Waals surface area contributed by atoms with Gasteiger partial charge in [0.25, 0.3) is 0 Å². The lowest BCUT2D eigenvalue weighted by molar-refractivity contribution is 0.628. The van der Waals surface area contributed by atoms with Crippen LogP contribution in [0.25, 0.3) is 22.3 Å². The van der Waals surface area contributed by atoms with E-state index in [0.29, 0.717) is 23.7 Å². The van der Waals surface area contributed by atoms with Crippen LogP contribution in [-0.4, -0.2) is 15.0 Å². The van der Waals surface area contributed by atoms with Gasteiger partial charge in [-0.1, -0.05) is 35.9 Å². The maximum atomic E-state index is 13.3. The third kappa shape index (κ3) is 3.12. The number of nitrogens with zero attached hydrogens (tertiary/aromatic N) is 2. The van der Waals surface area contributed by atoms with Crippen molar-refractivity contribution >= 4 is 34.1 Å². The Morgan fingerprint density at radius 1 is 1.08 bits per heavy atom. The Kier molecular flexibility index (Phi) is 4.28. The fraction of sp³-hybridized carbons (Fsp3) is 0.0526. The Balaban J connectivity index is 1.71. The van der Waals surface area contributed by atoms with Gasteiger partial charge in [0, 0.05) is 17.9 Å². The van der Waals surface area contributed by atoms with Gasteiger partial charge in [-0.25, -0.2) is 14.4 Å². The lowest BCUT2D eigenvalue weighted by Crippen LogP contribution is -1.95. The van der Waals surface area contributed by atoms with Crippen molar-refractivity contribution in [3.05, 3.63) is 71.3 Å². The SMILES string of the molecule is NCc1ccc(-c2cc3c(Nc4ccc(F)c(Cl)c4)ncnc3[nH]2)cc1. The first-order valence-electron chi connectivity index (χ1n) is 7.99. The minimum atomic E-state index is -0.463. The van der Waals surface area contributed by atoms with Crippen LogP contribution in [0.1, 0.15) is 5.56 Å². The van der Waals surface area contributed by atoms with Crippen molar-refractivity contribution in [3.8, 4) is 11.3 Å². The molecule has 26 heavy (non-hydrogen) atoms. The molecule has 0 atom stereocenters. The molecule has 4 N–H and O–H groups in total. The first-order valence-corrected chi connectivity index (χ1v) is 8.37. The fourth-order valence-electron chi connectivity index (χ4n) is 2.73. The van der Waals surface area contributed by atoms with Crippen LogP contribution in [0.2, 0.25) is 5.02 Å². The molecule has 0 amide bonds. The first-order chi connectivity index (χ1) is 12.6. The highest BCUT2D eigenvalue weighted by Gasteiger charge is 2.10. The lowest BCUT2D eigenvalue weighted by Gasteiger charge is -2.06. The predicted octanol–water partition coefficient (Wildman–Crippen LogP) is 4.62. The molecule has 0 unspecified atom stereocenters. The summed E-state index contributed by atoms with van der Waals surface area (Å²) in [4.78, 5) is 11.9. The second-order valence-electron chi connectivity index (χ2n) is 5.82. The lowest BCUT2D eigenvalue weighted by atomic mass is 10.1. The number of benzene rings is 2. The number of fused-ring (bicyclic) bond motifs is 1. The zero-order valence-corrected chi connectivity index (χ0v) is 14.4. The Labute approximate surface area is 154 Å². The van der Waals surface area contributed by atoms with E-state index in [-0.39, 0.29) is 5.02 Å². The average Bonchev–Trinajstić information content (AvgIpc) is 3.10. The highest BCUT2D eigenvalue weighted by Crippen LogP contribution is 2.29. The third-order valence-electron chi connectivity index (χ3n) is 4.11. The Hall–Kier alpha value is -2.96. The molecule has 7 heteroatoms. The van der Waals surface area contributed by atoms with Crippen molar-refractivity contribution in [1.29, 1.82) is 0 Å². The summed E-state index contributed by atoms with van der Waals surface area (Å²) in [7, 11) is 0. The monoisotopic (exact) mass is 367 g/mol. The summed E-state index contributed by atoms with van der Waals surface area (Å²) >= 11 is 5.84. The molecule has 2 heterocycles. The topological polar surface area (TPSA) is 79.6 Å². The van der Waals surface area contributed by atoms with Crippen LogP contribution in [0.15, 0.2) is 54.9 Å². The largest absolute Gasteiger partial charge is 0.340 e. The molecule has 4 aromatic rings. The smallest absolute Gasteiger partial charge is 0.143 e. The van der Waals surface area contributed by atoms with Crippen molar-refractivity contribution in [3.63, 3.8) is 0 Å². The van der Waals surface area contributed by atoms with E-state index in [1.165, 1.54) is 18.5 Å². The van der Waals surface area contributed by atoms with E-state index < -0.39 is 5.82 Å². The molecule has 0 spiro atoms. The highest BCUT2D eigenvalue weighted by molar-refractivity contribution is 6.31. The van der Waals surface area contributed by atoms with Gasteiger partial charge < -0.3 is 16.0 Å². The second kappa shape index (κ2) is 6.74. The number of aromatic nitrogens is 3. The van der Waals surface area contributed by atoms with E-state index in [2.05, 4.69) is 20.3 Å². The van der Waals surface area contributed by atoms with Crippen molar-refractivity contribution in [2.45, 2.75) is 6.54 Å². The maximum absolute atomic E-state index is 13.3. The molecule has 0 aliphatic heterocycles. The van der Waals surface area contributed by atoms with E-state index >= 15 is 0 Å². The van der Waals surface area contributed by atoms with Gasteiger partial charge in [0.05, 0.1) is 10.4 Å². The van der Waals surface area contributed by atoms with Gasteiger partial charge in [0.1, 0.15) is 23.6 Å². The summed E-state index contributed by atoms with van der Waals surface area (Å²) in [6.45, 7) is 0.507. The quantitative estimate of drug-likeness (QED) is 0.491. The summed E-state index contributed by atoms with van der Waals surface area (Å²) in [5.41, 5.74) is 10.0. The minimum Gasteiger partial charge on any atom is -0.340 e. The third-order valence-corrected chi connectivity index (χ3v) is 4.40. The van der Waals surface area contributed by atoms with Crippen molar-refractivity contribution in [2.24, 2.45) is 5.73 Å². The molecule has 5 nitrogen and oxygen atoms in total. The molecule has 0 saturated heterocycles. The molecule has 0 saturated carbocycles. The predicted molar refractivity (Wildman–Crippen MR) is 102 cm³/mol. The number of hydrogen-bond donors (Lipinski definition) is 3. The van der Waals surface area contributed by atoms with Gasteiger partial charge >= 0.3 is 0 Å². The van der Waals surface area contributed by atoms with Crippen LogP contribution >= 0.6 is 11.6 Å². The van der Waals surface area contributed by atoms with Crippen LogP contribution in [0, 0.1) is 5.82 Å². The Morgan fingerprint density at radius 2 is 1.88 bits per heavy atom. The van der Waals surface area contributed by atoms with Crippen LogP contribution in [0.5, 0.6) is 0 Å². The Bertz CT molecular complexity index is 1080. The first kappa shape index (κ1) is 16.5. The molecule has 130 valence electrons. The average molecular weight is 368 g/mol. The summed E-state index contributed by atoms with van der Waals surface area (Å²) in [5, 5.41) is 4.04. The molecule has 0 aliphatic rings. The van der Waals surface area contributed by atoms with E-state index in [0.717, 1.165) is 22.2 Å². The van der Waals surface area contributed by atoms with Crippen molar-refractivity contribution < 1.29 is 4.39 Å². The summed E-state index contributed by atoms with van der Waals surface area (Å²) in [6.07, 6.45) is 1.47. The van der Waals surface area contributed by atoms with Gasteiger partial charge in [0.2, 0.25) is 0 Å². The van der Waals surface area contributed by atoms with Crippen molar-refractivity contribution in [2.75, 3.05) is 5.32 Å². The summed E-state index contributed by atoms with van der Waals surface area (Å²) in [5.74, 6) is 0.147. The van der Waals surface area contributed by atoms with E-state index in [4.69, 9.17) is 17.3 Å². The molecule has 4 rings (SSSR count).